The molecule has 1 amide bonds. The third-order valence-electron chi connectivity index (χ3n) is 2.05. The molecule has 0 aliphatic heterocycles. The molecule has 0 saturated heterocycles. The number of primary amides is 1. The maximum absolute atomic E-state index is 10.8. The van der Waals surface area contributed by atoms with Crippen molar-refractivity contribution in [2.24, 2.45) is 11.5 Å². The van der Waals surface area contributed by atoms with E-state index in [1.54, 1.807) is 18.2 Å². The first-order chi connectivity index (χ1) is 7.02. The summed E-state index contributed by atoms with van der Waals surface area (Å²) in [6.45, 7) is 0. The lowest BCUT2D eigenvalue weighted by Crippen LogP contribution is -2.38. The summed E-state index contributed by atoms with van der Waals surface area (Å²) in [6.07, 6.45) is 0.137. The van der Waals surface area contributed by atoms with Gasteiger partial charge in [0.1, 0.15) is 0 Å². The van der Waals surface area contributed by atoms with Crippen molar-refractivity contribution < 1.29 is 14.7 Å². The second kappa shape index (κ2) is 4.56. The predicted octanol–water partition coefficient (Wildman–Crippen LogP) is -0.260. The van der Waals surface area contributed by atoms with Crippen LogP contribution in [-0.2, 0) is 11.2 Å². The average molecular weight is 208 g/mol. The number of benzene rings is 1. The topological polar surface area (TPSA) is 106 Å². The van der Waals surface area contributed by atoms with Crippen LogP contribution in [0.1, 0.15) is 15.9 Å². The summed E-state index contributed by atoms with van der Waals surface area (Å²) in [5.41, 5.74) is 11.1. The number of carboxylic acids is 1. The van der Waals surface area contributed by atoms with Gasteiger partial charge in [-0.2, -0.15) is 0 Å². The van der Waals surface area contributed by atoms with Crippen molar-refractivity contribution in [2.45, 2.75) is 12.5 Å². The fourth-order valence-corrected chi connectivity index (χ4v) is 1.24. The Morgan fingerprint density at radius 2 is 1.93 bits per heavy atom. The highest BCUT2D eigenvalue weighted by Crippen LogP contribution is 2.10. The molecule has 0 aliphatic rings. The first-order valence-electron chi connectivity index (χ1n) is 4.38. The van der Waals surface area contributed by atoms with Gasteiger partial charge in [0, 0.05) is 0 Å². The van der Waals surface area contributed by atoms with Gasteiger partial charge in [-0.15, -0.1) is 0 Å². The van der Waals surface area contributed by atoms with Gasteiger partial charge in [0.15, 0.2) is 0 Å². The molecule has 5 heteroatoms. The van der Waals surface area contributed by atoms with Crippen LogP contribution in [0.5, 0.6) is 0 Å². The molecule has 0 radical (unpaired) electrons. The van der Waals surface area contributed by atoms with Crippen molar-refractivity contribution in [1.29, 1.82) is 0 Å². The molecule has 1 atom stereocenters. The molecule has 0 spiro atoms. The van der Waals surface area contributed by atoms with E-state index >= 15 is 0 Å². The standard InChI is InChI=1S/C10H12N2O3/c11-8(9(12)13)5-6-3-1-2-4-7(6)10(14)15/h1-4,8H,5,11H2,(H2,12,13)(H,14,15)/t8-/m0/s1. The SMILES string of the molecule is NC(=O)[C@@H](N)Cc1ccccc1C(=O)O. The molecule has 0 fully saturated rings. The van der Waals surface area contributed by atoms with Crippen molar-refractivity contribution in [3.05, 3.63) is 35.4 Å². The van der Waals surface area contributed by atoms with Crippen molar-refractivity contribution in [3.8, 4) is 0 Å². The average Bonchev–Trinajstić information content (AvgIpc) is 2.18. The fraction of sp³-hybridized carbons (Fsp3) is 0.200. The second-order valence-electron chi connectivity index (χ2n) is 3.18. The summed E-state index contributed by atoms with van der Waals surface area (Å²) in [7, 11) is 0. The van der Waals surface area contributed by atoms with Crippen LogP contribution in [0.15, 0.2) is 24.3 Å². The molecule has 0 aliphatic carbocycles. The van der Waals surface area contributed by atoms with Crippen LogP contribution in [0.4, 0.5) is 0 Å². The summed E-state index contributed by atoms with van der Waals surface area (Å²) >= 11 is 0. The van der Waals surface area contributed by atoms with Gasteiger partial charge in [-0.3, -0.25) is 4.79 Å². The number of hydrogen-bond donors (Lipinski definition) is 3. The van der Waals surface area contributed by atoms with E-state index in [1.165, 1.54) is 6.07 Å². The Hall–Kier alpha value is -1.88. The van der Waals surface area contributed by atoms with Gasteiger partial charge in [0.05, 0.1) is 11.6 Å². The molecular weight excluding hydrogens is 196 g/mol. The quantitative estimate of drug-likeness (QED) is 0.633. The van der Waals surface area contributed by atoms with Crippen LogP contribution in [-0.4, -0.2) is 23.0 Å². The Kier molecular flexibility index (Phi) is 3.41. The lowest BCUT2D eigenvalue weighted by atomic mass is 10.0. The van der Waals surface area contributed by atoms with E-state index in [2.05, 4.69) is 0 Å². The second-order valence-corrected chi connectivity index (χ2v) is 3.18. The van der Waals surface area contributed by atoms with E-state index in [0.717, 1.165) is 0 Å². The molecule has 5 nitrogen and oxygen atoms in total. The van der Waals surface area contributed by atoms with Crippen LogP contribution >= 0.6 is 0 Å². The zero-order valence-electron chi connectivity index (χ0n) is 8.01. The Bertz CT molecular complexity index is 390. The third kappa shape index (κ3) is 2.78. The smallest absolute Gasteiger partial charge is 0.335 e. The van der Waals surface area contributed by atoms with E-state index in [9.17, 15) is 9.59 Å². The van der Waals surface area contributed by atoms with E-state index in [4.69, 9.17) is 16.6 Å². The van der Waals surface area contributed by atoms with Crippen molar-refractivity contribution >= 4 is 11.9 Å². The molecule has 1 aromatic rings. The third-order valence-corrected chi connectivity index (χ3v) is 2.05. The predicted molar refractivity (Wildman–Crippen MR) is 54.3 cm³/mol. The van der Waals surface area contributed by atoms with E-state index < -0.39 is 17.9 Å². The first-order valence-corrected chi connectivity index (χ1v) is 4.38. The lowest BCUT2D eigenvalue weighted by Gasteiger charge is -2.09. The normalized spacial score (nSPS) is 12.1. The molecule has 1 rings (SSSR count). The van der Waals surface area contributed by atoms with Crippen LogP contribution in [0.2, 0.25) is 0 Å². The number of carboxylic acid groups (broad SMARTS) is 1. The van der Waals surface area contributed by atoms with Crippen LogP contribution in [0.25, 0.3) is 0 Å². The molecule has 5 N–H and O–H groups in total. The zero-order valence-corrected chi connectivity index (χ0v) is 8.01. The lowest BCUT2D eigenvalue weighted by molar-refractivity contribution is -0.119. The minimum absolute atomic E-state index is 0.137. The number of carbonyl (C=O) groups is 2. The molecule has 0 bridgehead atoms. The molecule has 15 heavy (non-hydrogen) atoms. The van der Waals surface area contributed by atoms with E-state index in [-0.39, 0.29) is 12.0 Å². The highest BCUT2D eigenvalue weighted by molar-refractivity contribution is 5.89. The highest BCUT2D eigenvalue weighted by atomic mass is 16.4. The van der Waals surface area contributed by atoms with Gasteiger partial charge >= 0.3 is 5.97 Å². The van der Waals surface area contributed by atoms with Crippen LogP contribution in [0.3, 0.4) is 0 Å². The minimum Gasteiger partial charge on any atom is -0.478 e. The van der Waals surface area contributed by atoms with Gasteiger partial charge in [-0.25, -0.2) is 4.79 Å². The zero-order chi connectivity index (χ0) is 11.4. The first kappa shape index (κ1) is 11.2. The monoisotopic (exact) mass is 208 g/mol. The number of amides is 1. The maximum atomic E-state index is 10.8. The minimum atomic E-state index is -1.04. The Labute approximate surface area is 86.7 Å². The fourth-order valence-electron chi connectivity index (χ4n) is 1.24. The van der Waals surface area contributed by atoms with Crippen molar-refractivity contribution in [2.75, 3.05) is 0 Å². The Balaban J connectivity index is 2.94. The number of nitrogens with two attached hydrogens (primary N) is 2. The summed E-state index contributed by atoms with van der Waals surface area (Å²) in [5, 5.41) is 8.86. The summed E-state index contributed by atoms with van der Waals surface area (Å²) in [4.78, 5) is 21.6. The molecule has 0 aromatic heterocycles. The summed E-state index contributed by atoms with van der Waals surface area (Å²) in [5.74, 6) is -1.68. The molecule has 1 aromatic carbocycles. The molecular formula is C10H12N2O3. The van der Waals surface area contributed by atoms with Crippen LogP contribution < -0.4 is 11.5 Å². The number of carbonyl (C=O) groups excluding carboxylic acids is 1. The summed E-state index contributed by atoms with van der Waals surface area (Å²) in [6, 6.07) is 5.53. The molecule has 0 saturated carbocycles. The number of rotatable bonds is 4. The van der Waals surface area contributed by atoms with Crippen LogP contribution in [0, 0.1) is 0 Å². The van der Waals surface area contributed by atoms with E-state index in [1.807, 2.05) is 0 Å². The van der Waals surface area contributed by atoms with Gasteiger partial charge < -0.3 is 16.6 Å². The summed E-state index contributed by atoms with van der Waals surface area (Å²) < 4.78 is 0. The number of hydrogen-bond acceptors (Lipinski definition) is 3. The molecule has 0 unspecified atom stereocenters. The highest BCUT2D eigenvalue weighted by Gasteiger charge is 2.15. The molecule has 0 heterocycles. The maximum Gasteiger partial charge on any atom is 0.335 e. The Morgan fingerprint density at radius 1 is 1.33 bits per heavy atom. The van der Waals surface area contributed by atoms with Crippen molar-refractivity contribution in [3.63, 3.8) is 0 Å². The molecule has 80 valence electrons. The Morgan fingerprint density at radius 3 is 2.47 bits per heavy atom. The van der Waals surface area contributed by atoms with E-state index in [0.29, 0.717) is 5.56 Å². The van der Waals surface area contributed by atoms with Gasteiger partial charge in [0.2, 0.25) is 5.91 Å². The van der Waals surface area contributed by atoms with Gasteiger partial charge in [0.25, 0.3) is 0 Å². The van der Waals surface area contributed by atoms with Gasteiger partial charge in [-0.1, -0.05) is 18.2 Å². The largest absolute Gasteiger partial charge is 0.478 e. The van der Waals surface area contributed by atoms with Gasteiger partial charge in [-0.05, 0) is 18.1 Å². The van der Waals surface area contributed by atoms with Crippen molar-refractivity contribution in [1.82, 2.24) is 0 Å². The number of aromatic carboxylic acids is 1.